The predicted molar refractivity (Wildman–Crippen MR) is 125 cm³/mol. The third kappa shape index (κ3) is 5.01. The lowest BCUT2D eigenvalue weighted by molar-refractivity contribution is -0.123. The zero-order chi connectivity index (χ0) is 23.4. The number of amides is 2. The summed E-state index contributed by atoms with van der Waals surface area (Å²) in [6.07, 6.45) is 1.95. The first-order valence-corrected chi connectivity index (χ1v) is 11.3. The van der Waals surface area contributed by atoms with E-state index in [1.54, 1.807) is 24.3 Å². The molecule has 0 unspecified atom stereocenters. The summed E-state index contributed by atoms with van der Waals surface area (Å²) >= 11 is 0. The third-order valence-corrected chi connectivity index (χ3v) is 6.18. The zero-order valence-electron chi connectivity index (χ0n) is 19.0. The van der Waals surface area contributed by atoms with Gasteiger partial charge in [0.15, 0.2) is 0 Å². The number of benzene rings is 2. The summed E-state index contributed by atoms with van der Waals surface area (Å²) in [5.41, 5.74) is 1.90. The molecule has 0 spiro atoms. The Labute approximate surface area is 193 Å². The van der Waals surface area contributed by atoms with Crippen LogP contribution in [0, 0.1) is 0 Å². The molecule has 0 bridgehead atoms. The Hall–Kier alpha value is -3.39. The molecule has 174 valence electrons. The van der Waals surface area contributed by atoms with Crippen LogP contribution in [0.5, 0.6) is 5.75 Å². The molecule has 2 saturated heterocycles. The standard InChI is InChI=1S/C25H29N3O5/c1-3-33-21-10-6-18(7-11-21)26-19-12-14-27(15-13-19)22-16-23(29)28(24(22)30)20-8-4-17(5-9-20)25(31)32-2/h4-11,19,22,26H,3,12-16H2,1-2H3/t22-/m1/s1. The van der Waals surface area contributed by atoms with E-state index < -0.39 is 12.0 Å². The van der Waals surface area contributed by atoms with Crippen molar-refractivity contribution in [2.75, 3.05) is 37.0 Å². The summed E-state index contributed by atoms with van der Waals surface area (Å²) < 4.78 is 10.2. The van der Waals surface area contributed by atoms with Gasteiger partial charge < -0.3 is 14.8 Å². The summed E-state index contributed by atoms with van der Waals surface area (Å²) in [6, 6.07) is 14.2. The van der Waals surface area contributed by atoms with Crippen molar-refractivity contribution in [3.8, 4) is 5.75 Å². The maximum Gasteiger partial charge on any atom is 0.337 e. The van der Waals surface area contributed by atoms with Crippen molar-refractivity contribution in [1.82, 2.24) is 4.90 Å². The van der Waals surface area contributed by atoms with Crippen LogP contribution in [0.15, 0.2) is 48.5 Å². The van der Waals surface area contributed by atoms with Gasteiger partial charge in [0.2, 0.25) is 5.91 Å². The van der Waals surface area contributed by atoms with Crippen LogP contribution >= 0.6 is 0 Å². The fourth-order valence-corrected chi connectivity index (χ4v) is 4.44. The minimum absolute atomic E-state index is 0.175. The number of carbonyl (C=O) groups is 3. The number of esters is 1. The topological polar surface area (TPSA) is 88.2 Å². The number of likely N-dealkylation sites (tertiary alicyclic amines) is 1. The van der Waals surface area contributed by atoms with Crippen LogP contribution in [0.25, 0.3) is 0 Å². The van der Waals surface area contributed by atoms with E-state index in [1.807, 2.05) is 31.2 Å². The average Bonchev–Trinajstić information content (AvgIpc) is 3.14. The second-order valence-corrected chi connectivity index (χ2v) is 8.24. The number of anilines is 2. The van der Waals surface area contributed by atoms with Crippen LogP contribution in [0.2, 0.25) is 0 Å². The van der Waals surface area contributed by atoms with E-state index in [4.69, 9.17) is 9.47 Å². The van der Waals surface area contributed by atoms with E-state index in [-0.39, 0.29) is 18.2 Å². The van der Waals surface area contributed by atoms with Gasteiger partial charge in [-0.1, -0.05) is 0 Å². The average molecular weight is 452 g/mol. The first-order chi connectivity index (χ1) is 16.0. The molecule has 1 atom stereocenters. The van der Waals surface area contributed by atoms with Crippen LogP contribution in [-0.2, 0) is 14.3 Å². The van der Waals surface area contributed by atoms with Crippen LogP contribution in [0.1, 0.15) is 36.5 Å². The van der Waals surface area contributed by atoms with Gasteiger partial charge in [-0.2, -0.15) is 0 Å². The highest BCUT2D eigenvalue weighted by Gasteiger charge is 2.43. The number of piperidine rings is 1. The van der Waals surface area contributed by atoms with Crippen LogP contribution in [0.3, 0.4) is 0 Å². The number of carbonyl (C=O) groups excluding carboxylic acids is 3. The van der Waals surface area contributed by atoms with E-state index in [1.165, 1.54) is 12.0 Å². The Morgan fingerprint density at radius 3 is 2.30 bits per heavy atom. The molecule has 2 aliphatic rings. The third-order valence-electron chi connectivity index (χ3n) is 6.18. The van der Waals surface area contributed by atoms with Gasteiger partial charge in [0.1, 0.15) is 5.75 Å². The first kappa shape index (κ1) is 22.8. The fourth-order valence-electron chi connectivity index (χ4n) is 4.44. The number of methoxy groups -OCH3 is 1. The van der Waals surface area contributed by atoms with Gasteiger partial charge in [-0.15, -0.1) is 0 Å². The van der Waals surface area contributed by atoms with E-state index >= 15 is 0 Å². The monoisotopic (exact) mass is 451 g/mol. The summed E-state index contributed by atoms with van der Waals surface area (Å²) in [6.45, 7) is 4.09. The summed E-state index contributed by atoms with van der Waals surface area (Å²) in [5.74, 6) is -0.0267. The molecule has 33 heavy (non-hydrogen) atoms. The molecule has 2 aliphatic heterocycles. The lowest BCUT2D eigenvalue weighted by atomic mass is 10.0. The van der Waals surface area contributed by atoms with Crippen molar-refractivity contribution in [3.63, 3.8) is 0 Å². The Bertz CT molecular complexity index is 998. The molecule has 8 heteroatoms. The van der Waals surface area contributed by atoms with Crippen molar-refractivity contribution in [2.45, 2.75) is 38.3 Å². The van der Waals surface area contributed by atoms with Crippen molar-refractivity contribution in [3.05, 3.63) is 54.1 Å². The normalized spacial score (nSPS) is 19.6. The van der Waals surface area contributed by atoms with Gasteiger partial charge in [-0.05, 0) is 68.3 Å². The second kappa shape index (κ2) is 10.0. The fraction of sp³-hybridized carbons (Fsp3) is 0.400. The molecule has 0 aliphatic carbocycles. The SMILES string of the molecule is CCOc1ccc(NC2CCN([C@@H]3CC(=O)N(c4ccc(C(=O)OC)cc4)C3=O)CC2)cc1. The molecule has 2 fully saturated rings. The Balaban J connectivity index is 1.33. The Morgan fingerprint density at radius 1 is 1.03 bits per heavy atom. The first-order valence-electron chi connectivity index (χ1n) is 11.3. The van der Waals surface area contributed by atoms with E-state index in [2.05, 4.69) is 10.2 Å². The minimum atomic E-state index is -0.458. The molecule has 2 amide bonds. The molecule has 0 saturated carbocycles. The molecule has 4 rings (SSSR count). The highest BCUT2D eigenvalue weighted by Crippen LogP contribution is 2.28. The largest absolute Gasteiger partial charge is 0.494 e. The number of imide groups is 1. The van der Waals surface area contributed by atoms with Crippen LogP contribution in [-0.4, -0.2) is 61.6 Å². The number of rotatable bonds is 7. The highest BCUT2D eigenvalue weighted by atomic mass is 16.5. The molecule has 0 radical (unpaired) electrons. The Kier molecular flexibility index (Phi) is 6.93. The smallest absolute Gasteiger partial charge is 0.337 e. The maximum absolute atomic E-state index is 13.1. The van der Waals surface area contributed by atoms with Gasteiger partial charge in [0, 0.05) is 24.8 Å². The molecular formula is C25H29N3O5. The number of ether oxygens (including phenoxy) is 2. The van der Waals surface area contributed by atoms with Crippen molar-refractivity contribution < 1.29 is 23.9 Å². The second-order valence-electron chi connectivity index (χ2n) is 8.24. The highest BCUT2D eigenvalue weighted by molar-refractivity contribution is 6.22. The molecule has 2 aromatic carbocycles. The van der Waals surface area contributed by atoms with Gasteiger partial charge in [0.25, 0.3) is 5.91 Å². The van der Waals surface area contributed by atoms with Crippen molar-refractivity contribution in [1.29, 1.82) is 0 Å². The van der Waals surface area contributed by atoms with E-state index in [0.717, 1.165) is 37.4 Å². The maximum atomic E-state index is 13.1. The number of hydrogen-bond donors (Lipinski definition) is 1. The lowest BCUT2D eigenvalue weighted by Gasteiger charge is -2.35. The lowest BCUT2D eigenvalue weighted by Crippen LogP contribution is -2.48. The molecule has 2 aromatic rings. The quantitative estimate of drug-likeness (QED) is 0.511. The van der Waals surface area contributed by atoms with Gasteiger partial charge in [-0.25, -0.2) is 9.69 Å². The van der Waals surface area contributed by atoms with Crippen LogP contribution < -0.4 is 15.0 Å². The van der Waals surface area contributed by atoms with Crippen LogP contribution in [0.4, 0.5) is 11.4 Å². The Morgan fingerprint density at radius 2 is 1.70 bits per heavy atom. The number of nitrogens with zero attached hydrogens (tertiary/aromatic N) is 2. The van der Waals surface area contributed by atoms with Crippen molar-refractivity contribution >= 4 is 29.2 Å². The molecule has 8 nitrogen and oxygen atoms in total. The zero-order valence-corrected chi connectivity index (χ0v) is 19.0. The summed E-state index contributed by atoms with van der Waals surface area (Å²) in [5, 5.41) is 3.55. The number of nitrogens with one attached hydrogen (secondary N) is 1. The van der Waals surface area contributed by atoms with Gasteiger partial charge in [-0.3, -0.25) is 14.5 Å². The summed E-state index contributed by atoms with van der Waals surface area (Å²) in [4.78, 5) is 40.7. The van der Waals surface area contributed by atoms with E-state index in [0.29, 0.717) is 23.9 Å². The van der Waals surface area contributed by atoms with Gasteiger partial charge in [0.05, 0.1) is 37.4 Å². The summed E-state index contributed by atoms with van der Waals surface area (Å²) in [7, 11) is 1.31. The van der Waals surface area contributed by atoms with E-state index in [9.17, 15) is 14.4 Å². The minimum Gasteiger partial charge on any atom is -0.494 e. The van der Waals surface area contributed by atoms with Crippen molar-refractivity contribution in [2.24, 2.45) is 0 Å². The predicted octanol–water partition coefficient (Wildman–Crippen LogP) is 3.08. The molecule has 0 aromatic heterocycles. The molecule has 1 N–H and O–H groups in total. The molecule has 2 heterocycles. The number of hydrogen-bond acceptors (Lipinski definition) is 7. The van der Waals surface area contributed by atoms with Gasteiger partial charge >= 0.3 is 5.97 Å². The molecular weight excluding hydrogens is 422 g/mol.